The Morgan fingerprint density at radius 3 is 2.26 bits per heavy atom. The fourth-order valence-electron chi connectivity index (χ4n) is 3.25. The molecule has 0 aliphatic carbocycles. The Morgan fingerprint density at radius 2 is 1.77 bits per heavy atom. The second-order valence-corrected chi connectivity index (χ2v) is 9.88. The molecule has 174 valence electrons. The molecule has 3 amide bonds. The van der Waals surface area contributed by atoms with Gasteiger partial charge in [-0.1, -0.05) is 25.4 Å². The molecule has 0 spiro atoms. The topological polar surface area (TPSA) is 113 Å². The van der Waals surface area contributed by atoms with Gasteiger partial charge in [-0.05, 0) is 30.5 Å². The number of hydrogen-bond acceptors (Lipinski definition) is 4. The van der Waals surface area contributed by atoms with Crippen LogP contribution >= 0.6 is 11.6 Å². The molecule has 0 bridgehead atoms. The smallest absolute Gasteiger partial charge is 0.352 e. The van der Waals surface area contributed by atoms with Crippen molar-refractivity contribution < 1.29 is 31.2 Å². The van der Waals surface area contributed by atoms with Gasteiger partial charge >= 0.3 is 12.2 Å². The van der Waals surface area contributed by atoms with Crippen LogP contribution in [0.4, 0.5) is 18.0 Å². The van der Waals surface area contributed by atoms with Gasteiger partial charge in [0.1, 0.15) is 10.9 Å². The normalized spacial score (nSPS) is 16.9. The summed E-state index contributed by atoms with van der Waals surface area (Å²) < 4.78 is 65.7. The van der Waals surface area contributed by atoms with E-state index >= 15 is 0 Å². The van der Waals surface area contributed by atoms with Crippen molar-refractivity contribution in [1.82, 2.24) is 14.5 Å². The molecule has 31 heavy (non-hydrogen) atoms. The Bertz CT molecular complexity index is 932. The number of halogens is 4. The van der Waals surface area contributed by atoms with Crippen molar-refractivity contribution >= 4 is 33.6 Å². The van der Waals surface area contributed by atoms with Crippen molar-refractivity contribution in [1.29, 1.82) is 0 Å². The molecule has 0 saturated carbocycles. The van der Waals surface area contributed by atoms with Crippen LogP contribution in [0.1, 0.15) is 25.8 Å². The highest BCUT2D eigenvalue weighted by atomic mass is 35.5. The predicted octanol–water partition coefficient (Wildman–Crippen LogP) is 2.27. The van der Waals surface area contributed by atoms with E-state index < -0.39 is 44.6 Å². The van der Waals surface area contributed by atoms with Crippen LogP contribution in [0.25, 0.3) is 0 Å². The van der Waals surface area contributed by atoms with Gasteiger partial charge in [0.05, 0.1) is 10.6 Å². The minimum atomic E-state index is -4.72. The number of amides is 3. The maximum atomic E-state index is 13.0. The van der Waals surface area contributed by atoms with E-state index in [4.69, 9.17) is 17.3 Å². The molecule has 0 radical (unpaired) electrons. The molecule has 1 aliphatic heterocycles. The van der Waals surface area contributed by atoms with E-state index in [1.807, 2.05) is 13.8 Å². The largest absolute Gasteiger partial charge is 0.416 e. The number of piperazine rings is 1. The van der Waals surface area contributed by atoms with Crippen molar-refractivity contribution in [2.24, 2.45) is 11.7 Å². The molecule has 1 aromatic rings. The number of carbonyl (C=O) groups excluding carboxylic acids is 2. The van der Waals surface area contributed by atoms with Crippen molar-refractivity contribution in [3.05, 3.63) is 28.8 Å². The molecule has 1 saturated heterocycles. The van der Waals surface area contributed by atoms with E-state index in [1.165, 1.54) is 4.90 Å². The third-order valence-corrected chi connectivity index (χ3v) is 7.13. The molecule has 8 nitrogen and oxygen atoms in total. The van der Waals surface area contributed by atoms with Crippen LogP contribution in [-0.2, 0) is 21.0 Å². The molecule has 1 fully saturated rings. The molecule has 1 aliphatic rings. The van der Waals surface area contributed by atoms with E-state index in [9.17, 15) is 31.2 Å². The first-order valence-corrected chi connectivity index (χ1v) is 11.3. The van der Waals surface area contributed by atoms with Crippen LogP contribution in [0.15, 0.2) is 23.1 Å². The van der Waals surface area contributed by atoms with Crippen molar-refractivity contribution in [3.63, 3.8) is 0 Å². The Balaban J connectivity index is 2.16. The first kappa shape index (κ1) is 25.2. The van der Waals surface area contributed by atoms with Crippen LogP contribution in [0, 0.1) is 5.92 Å². The Morgan fingerprint density at radius 1 is 1.19 bits per heavy atom. The zero-order valence-electron chi connectivity index (χ0n) is 16.9. The summed E-state index contributed by atoms with van der Waals surface area (Å²) in [5.74, 6) is -0.313. The highest BCUT2D eigenvalue weighted by Gasteiger charge is 2.36. The lowest BCUT2D eigenvalue weighted by molar-refractivity contribution is -0.138. The van der Waals surface area contributed by atoms with Crippen LogP contribution in [-0.4, -0.2) is 61.8 Å². The van der Waals surface area contributed by atoms with E-state index in [2.05, 4.69) is 5.32 Å². The predicted molar refractivity (Wildman–Crippen MR) is 108 cm³/mol. The monoisotopic (exact) mass is 484 g/mol. The van der Waals surface area contributed by atoms with E-state index in [0.717, 1.165) is 10.4 Å². The summed E-state index contributed by atoms with van der Waals surface area (Å²) in [7, 11) is -4.31. The summed E-state index contributed by atoms with van der Waals surface area (Å²) in [6.07, 6.45) is -4.38. The average molecular weight is 485 g/mol. The second kappa shape index (κ2) is 9.61. The number of nitrogens with two attached hydrogens (primary N) is 1. The molecule has 1 aromatic carbocycles. The van der Waals surface area contributed by atoms with Crippen molar-refractivity contribution in [3.8, 4) is 0 Å². The molecule has 2 rings (SSSR count). The van der Waals surface area contributed by atoms with Crippen LogP contribution in [0.5, 0.6) is 0 Å². The number of urea groups is 1. The minimum Gasteiger partial charge on any atom is -0.352 e. The van der Waals surface area contributed by atoms with Crippen LogP contribution in [0.3, 0.4) is 0 Å². The first-order chi connectivity index (χ1) is 14.2. The lowest BCUT2D eigenvalue weighted by Crippen LogP contribution is -2.56. The summed E-state index contributed by atoms with van der Waals surface area (Å²) in [6.45, 7) is 3.48. The molecule has 0 unspecified atom stereocenters. The number of carbonyl (C=O) groups is 2. The summed E-state index contributed by atoms with van der Waals surface area (Å²) in [5, 5.41) is 2.07. The van der Waals surface area contributed by atoms with Gasteiger partial charge in [-0.2, -0.15) is 17.5 Å². The van der Waals surface area contributed by atoms with Crippen LogP contribution < -0.4 is 11.1 Å². The van der Waals surface area contributed by atoms with Gasteiger partial charge in [-0.15, -0.1) is 0 Å². The van der Waals surface area contributed by atoms with Crippen molar-refractivity contribution in [2.75, 3.05) is 26.2 Å². The summed E-state index contributed by atoms with van der Waals surface area (Å²) in [6, 6.07) is 0.407. The average Bonchev–Trinajstić information content (AvgIpc) is 2.65. The second-order valence-electron chi connectivity index (χ2n) is 7.56. The van der Waals surface area contributed by atoms with Gasteiger partial charge in [0.25, 0.3) is 0 Å². The Kier molecular flexibility index (Phi) is 7.82. The van der Waals surface area contributed by atoms with Crippen LogP contribution in [0.2, 0.25) is 5.02 Å². The van der Waals surface area contributed by atoms with Gasteiger partial charge < -0.3 is 16.0 Å². The van der Waals surface area contributed by atoms with Gasteiger partial charge in [0.2, 0.25) is 15.9 Å². The molecular formula is C18H24ClF3N4O4S. The van der Waals surface area contributed by atoms with E-state index in [0.29, 0.717) is 18.6 Å². The molecule has 0 aromatic heterocycles. The number of nitrogens with one attached hydrogen (secondary N) is 1. The molecule has 13 heteroatoms. The maximum absolute atomic E-state index is 13.0. The number of benzene rings is 1. The molecule has 1 atom stereocenters. The Hall–Kier alpha value is -2.05. The zero-order valence-corrected chi connectivity index (χ0v) is 18.5. The summed E-state index contributed by atoms with van der Waals surface area (Å²) in [5.41, 5.74) is 4.01. The highest BCUT2D eigenvalue weighted by molar-refractivity contribution is 7.89. The summed E-state index contributed by atoms with van der Waals surface area (Å²) >= 11 is 5.88. The molecular weight excluding hydrogens is 461 g/mol. The van der Waals surface area contributed by atoms with Gasteiger partial charge in [0.15, 0.2) is 0 Å². The third kappa shape index (κ3) is 6.23. The number of alkyl halides is 3. The minimum absolute atomic E-state index is 0.00365. The third-order valence-electron chi connectivity index (χ3n) is 4.75. The first-order valence-electron chi connectivity index (χ1n) is 9.45. The fraction of sp³-hybridized carbons (Fsp3) is 0.556. The maximum Gasteiger partial charge on any atom is 0.416 e. The highest BCUT2D eigenvalue weighted by Crippen LogP contribution is 2.34. The van der Waals surface area contributed by atoms with Gasteiger partial charge in [0, 0.05) is 26.2 Å². The number of hydrogen-bond donors (Lipinski definition) is 2. The summed E-state index contributed by atoms with van der Waals surface area (Å²) in [4.78, 5) is 24.7. The molecule has 1 heterocycles. The number of nitrogens with zero attached hydrogens (tertiary/aromatic N) is 2. The van der Waals surface area contributed by atoms with E-state index in [-0.39, 0.29) is 37.1 Å². The van der Waals surface area contributed by atoms with Gasteiger partial charge in [-0.3, -0.25) is 4.79 Å². The quantitative estimate of drug-likeness (QED) is 0.644. The van der Waals surface area contributed by atoms with Crippen molar-refractivity contribution in [2.45, 2.75) is 37.4 Å². The number of rotatable bonds is 6. The fourth-order valence-corrected chi connectivity index (χ4v) is 5.17. The standard InChI is InChI=1S/C18H24ClF3N4O4S/c1-11(2)9-14(24-17(23)28)16(27)25-5-7-26(8-6-25)31(29,30)15-10-12(18(20,21)22)3-4-13(15)19/h3-4,10-11,14H,5-9H2,1-2H3,(H3,23,24,28)/t14-/m0/s1. The lowest BCUT2D eigenvalue weighted by atomic mass is 10.0. The zero-order chi connectivity index (χ0) is 23.6. The lowest BCUT2D eigenvalue weighted by Gasteiger charge is -2.36. The van der Waals surface area contributed by atoms with Gasteiger partial charge in [-0.25, -0.2) is 13.2 Å². The van der Waals surface area contributed by atoms with E-state index in [1.54, 1.807) is 0 Å². The SMILES string of the molecule is CC(C)C[C@H](NC(N)=O)C(=O)N1CCN(S(=O)(=O)c2cc(C(F)(F)F)ccc2Cl)CC1. The molecule has 3 N–H and O–H groups in total. The number of primary amides is 1. The number of sulfonamides is 1. The Labute approximate surface area is 183 Å².